The molecule has 16 nitrogen and oxygen atoms in total. The van der Waals surface area contributed by atoms with Crippen molar-refractivity contribution in [3.8, 4) is 23.0 Å². The summed E-state index contributed by atoms with van der Waals surface area (Å²) in [6.45, 7) is 10.2. The Hall–Kier alpha value is -6.79. The summed E-state index contributed by atoms with van der Waals surface area (Å²) in [5.41, 5.74) is 8.31. The number of anilines is 4. The van der Waals surface area contributed by atoms with E-state index in [4.69, 9.17) is 33.2 Å². The SMILES string of the molecule is C=Nc1cc(OCc2cc(COc3cc4c(cc3OC)C(=O)N3c5ccccc5CC3CN4)cc(N(CCOCCOCCOC)CC(C)SCC(=O)O)c2)c(OC)cc1C(=O)N1CCc2ccccc21. The van der Waals surface area contributed by atoms with Gasteiger partial charge in [-0.1, -0.05) is 43.3 Å². The topological polar surface area (TPSA) is 170 Å². The van der Waals surface area contributed by atoms with Gasteiger partial charge in [0.25, 0.3) is 11.8 Å². The summed E-state index contributed by atoms with van der Waals surface area (Å²) < 4.78 is 41.5. The Balaban J connectivity index is 1.07. The number of hydrogen-bond acceptors (Lipinski definition) is 14. The minimum atomic E-state index is -0.883. The predicted octanol–water partition coefficient (Wildman–Crippen LogP) is 8.09. The summed E-state index contributed by atoms with van der Waals surface area (Å²) in [6.07, 6.45) is 1.51. The first-order chi connectivity index (χ1) is 34.6. The number of hydrogen-bond donors (Lipinski definition) is 2. The van der Waals surface area contributed by atoms with E-state index in [1.54, 1.807) is 37.3 Å². The maximum Gasteiger partial charge on any atom is 0.313 e. The van der Waals surface area contributed by atoms with E-state index in [0.717, 1.165) is 52.2 Å². The molecule has 3 aliphatic rings. The van der Waals surface area contributed by atoms with Crippen molar-refractivity contribution in [2.45, 2.75) is 44.3 Å². The van der Waals surface area contributed by atoms with Crippen molar-refractivity contribution < 1.29 is 52.6 Å². The number of aliphatic carboxylic acids is 1. The van der Waals surface area contributed by atoms with Crippen molar-refractivity contribution in [3.05, 3.63) is 124 Å². The predicted molar refractivity (Wildman–Crippen MR) is 277 cm³/mol. The number of ether oxygens (including phenoxy) is 7. The highest BCUT2D eigenvalue weighted by Crippen LogP contribution is 2.42. The summed E-state index contributed by atoms with van der Waals surface area (Å²) in [4.78, 5) is 49.8. The van der Waals surface area contributed by atoms with E-state index in [2.05, 4.69) is 28.0 Å². The van der Waals surface area contributed by atoms with Crippen LogP contribution in [-0.4, -0.2) is 127 Å². The van der Waals surface area contributed by atoms with Gasteiger partial charge < -0.3 is 58.3 Å². The number of methoxy groups -OCH3 is 3. The molecule has 0 fully saturated rings. The summed E-state index contributed by atoms with van der Waals surface area (Å²) in [5, 5.41) is 13.0. The molecule has 5 aromatic rings. The molecule has 0 aromatic heterocycles. The number of aliphatic imine (C=N–C) groups is 1. The molecule has 17 heteroatoms. The average Bonchev–Trinajstić information content (AvgIpc) is 3.96. The van der Waals surface area contributed by atoms with Crippen LogP contribution in [0.25, 0.3) is 0 Å². The molecule has 2 atom stereocenters. The first-order valence-corrected chi connectivity index (χ1v) is 24.7. The van der Waals surface area contributed by atoms with Gasteiger partial charge in [-0.15, -0.1) is 11.8 Å². The van der Waals surface area contributed by atoms with E-state index >= 15 is 0 Å². The van der Waals surface area contributed by atoms with E-state index in [1.807, 2.05) is 78.6 Å². The highest BCUT2D eigenvalue weighted by atomic mass is 32.2. The smallest absolute Gasteiger partial charge is 0.313 e. The quantitative estimate of drug-likeness (QED) is 0.0425. The first-order valence-electron chi connectivity index (χ1n) is 23.7. The van der Waals surface area contributed by atoms with Crippen LogP contribution in [0.2, 0.25) is 0 Å². The Bertz CT molecular complexity index is 2720. The van der Waals surface area contributed by atoms with Gasteiger partial charge in [0, 0.05) is 67.7 Å². The van der Waals surface area contributed by atoms with E-state index in [-0.39, 0.29) is 42.1 Å². The van der Waals surface area contributed by atoms with Gasteiger partial charge in [0.15, 0.2) is 23.0 Å². The van der Waals surface area contributed by atoms with Gasteiger partial charge in [0.1, 0.15) is 13.2 Å². The Morgan fingerprint density at radius 2 is 1.49 bits per heavy atom. The zero-order chi connectivity index (χ0) is 49.9. The Morgan fingerprint density at radius 1 is 0.831 bits per heavy atom. The summed E-state index contributed by atoms with van der Waals surface area (Å²) in [7, 11) is 4.70. The standard InChI is InChI=1S/C54H61N5O11S/c1-35(71-34-52(60)61)31-57(16-17-67-20-21-68-19-18-64-3)40-23-36(32-69-50-28-44(55-2)42(26-48(50)65-4)53(62)58-15-14-38-10-6-8-12-46(38)58)22-37(24-40)33-70-51-29-45-43(27-49(51)66-5)54(63)59-41(30-56-45)25-39-11-7-9-13-47(39)59/h6-13,22-24,26-29,35,41,56H,2,14-21,25,30-34H2,1,3-5H3,(H,60,61). The minimum Gasteiger partial charge on any atom is -0.493 e. The third kappa shape index (κ3) is 12.0. The zero-order valence-electron chi connectivity index (χ0n) is 40.6. The molecule has 71 heavy (non-hydrogen) atoms. The molecule has 5 aromatic carbocycles. The van der Waals surface area contributed by atoms with E-state index < -0.39 is 5.97 Å². The van der Waals surface area contributed by atoms with E-state index in [9.17, 15) is 19.5 Å². The molecular weight excluding hydrogens is 927 g/mol. The molecule has 374 valence electrons. The molecule has 0 aliphatic carbocycles. The molecule has 0 spiro atoms. The van der Waals surface area contributed by atoms with Crippen molar-refractivity contribution in [2.75, 3.05) is 106 Å². The summed E-state index contributed by atoms with van der Waals surface area (Å²) in [5.74, 6) is 0.355. The van der Waals surface area contributed by atoms with Crippen LogP contribution < -0.4 is 39.0 Å². The molecule has 2 unspecified atom stereocenters. The van der Waals surface area contributed by atoms with Crippen molar-refractivity contribution in [2.24, 2.45) is 4.99 Å². The van der Waals surface area contributed by atoms with Crippen LogP contribution in [0, 0.1) is 0 Å². The summed E-state index contributed by atoms with van der Waals surface area (Å²) >= 11 is 1.36. The Labute approximate surface area is 418 Å². The van der Waals surface area contributed by atoms with Crippen LogP contribution in [-0.2, 0) is 45.1 Å². The van der Waals surface area contributed by atoms with Gasteiger partial charge in [0.2, 0.25) is 0 Å². The largest absolute Gasteiger partial charge is 0.493 e. The highest BCUT2D eigenvalue weighted by Gasteiger charge is 2.38. The fourth-order valence-corrected chi connectivity index (χ4v) is 9.90. The Kier molecular flexibility index (Phi) is 17.0. The van der Waals surface area contributed by atoms with Gasteiger partial charge in [-0.25, -0.2) is 0 Å². The van der Waals surface area contributed by atoms with Gasteiger partial charge in [-0.2, -0.15) is 0 Å². The van der Waals surface area contributed by atoms with E-state index in [0.29, 0.717) is 105 Å². The first kappa shape index (κ1) is 50.6. The highest BCUT2D eigenvalue weighted by molar-refractivity contribution is 8.00. The second-order valence-corrected chi connectivity index (χ2v) is 18.8. The van der Waals surface area contributed by atoms with Crippen LogP contribution in [0.5, 0.6) is 23.0 Å². The number of nitrogens with one attached hydrogen (secondary N) is 1. The van der Waals surface area contributed by atoms with Crippen molar-refractivity contribution in [1.82, 2.24) is 0 Å². The number of carboxylic acids is 1. The van der Waals surface area contributed by atoms with Crippen LogP contribution in [0.3, 0.4) is 0 Å². The zero-order valence-corrected chi connectivity index (χ0v) is 41.5. The van der Waals surface area contributed by atoms with Crippen molar-refractivity contribution in [1.29, 1.82) is 0 Å². The lowest BCUT2D eigenvalue weighted by atomic mass is 10.1. The van der Waals surface area contributed by atoms with Gasteiger partial charge in [-0.05, 0) is 84.3 Å². The van der Waals surface area contributed by atoms with Crippen molar-refractivity contribution in [3.63, 3.8) is 0 Å². The van der Waals surface area contributed by atoms with Gasteiger partial charge >= 0.3 is 5.97 Å². The average molecular weight is 988 g/mol. The second-order valence-electron chi connectivity index (χ2n) is 17.4. The molecule has 0 saturated carbocycles. The number of amides is 2. The molecular formula is C54H61N5O11S. The second kappa shape index (κ2) is 23.9. The van der Waals surface area contributed by atoms with E-state index in [1.165, 1.54) is 18.9 Å². The minimum absolute atomic E-state index is 0.0352. The number of para-hydroxylation sites is 2. The van der Waals surface area contributed by atoms with Crippen LogP contribution in [0.15, 0.2) is 96.0 Å². The van der Waals surface area contributed by atoms with Crippen molar-refractivity contribution >= 4 is 64.7 Å². The van der Waals surface area contributed by atoms with Crippen LogP contribution >= 0.6 is 11.8 Å². The third-order valence-corrected chi connectivity index (χ3v) is 13.8. The fraction of sp³-hybridized carbons (Fsp3) is 0.370. The number of carbonyl (C=O) groups excluding carboxylic acids is 2. The molecule has 0 saturated heterocycles. The fourth-order valence-electron chi connectivity index (χ4n) is 9.19. The van der Waals surface area contributed by atoms with Gasteiger partial charge in [-0.3, -0.25) is 19.4 Å². The van der Waals surface area contributed by atoms with Crippen LogP contribution in [0.4, 0.5) is 28.4 Å². The molecule has 0 radical (unpaired) electrons. The lowest BCUT2D eigenvalue weighted by Crippen LogP contribution is -2.39. The number of carbonyl (C=O) groups is 3. The number of rotatable bonds is 25. The number of carboxylic acid groups (broad SMARTS) is 1. The number of benzene rings is 5. The maximum atomic E-state index is 14.2. The molecule has 0 bridgehead atoms. The molecule has 2 N–H and O–H groups in total. The lowest BCUT2D eigenvalue weighted by molar-refractivity contribution is -0.133. The normalized spacial score (nSPS) is 14.9. The molecule has 2 amide bonds. The molecule has 3 heterocycles. The number of nitrogens with zero attached hydrogens (tertiary/aromatic N) is 4. The Morgan fingerprint density at radius 3 is 2.20 bits per heavy atom. The monoisotopic (exact) mass is 987 g/mol. The number of thioether (sulfide) groups is 1. The number of fused-ring (bicyclic) bond motifs is 5. The maximum absolute atomic E-state index is 14.2. The summed E-state index contributed by atoms with van der Waals surface area (Å²) in [6, 6.07) is 28.8. The third-order valence-electron chi connectivity index (χ3n) is 12.6. The molecule has 8 rings (SSSR count). The molecule has 3 aliphatic heterocycles. The van der Waals surface area contributed by atoms with Crippen LogP contribution in [0.1, 0.15) is 49.9 Å². The lowest BCUT2D eigenvalue weighted by Gasteiger charge is -2.29. The van der Waals surface area contributed by atoms with Gasteiger partial charge in [0.05, 0.1) is 81.6 Å².